The van der Waals surface area contributed by atoms with Gasteiger partial charge in [0.15, 0.2) is 0 Å². The first-order valence-electron chi connectivity index (χ1n) is 6.39. The van der Waals surface area contributed by atoms with Gasteiger partial charge in [-0.25, -0.2) is 4.79 Å². The molecule has 1 aromatic rings. The lowest BCUT2D eigenvalue weighted by Crippen LogP contribution is -2.48. The molecule has 0 spiro atoms. The molecule has 1 atom stereocenters. The van der Waals surface area contributed by atoms with Gasteiger partial charge in [-0.1, -0.05) is 11.4 Å². The average Bonchev–Trinajstić information content (AvgIpc) is 2.94. The Labute approximate surface area is 115 Å². The molecule has 0 unspecified atom stereocenters. The minimum Gasteiger partial charge on any atom is -0.467 e. The number of likely N-dealkylation sites (tertiary alicyclic amines) is 1. The summed E-state index contributed by atoms with van der Waals surface area (Å²) in [4.78, 5) is 26.4. The van der Waals surface area contributed by atoms with E-state index in [4.69, 9.17) is 4.74 Å². The van der Waals surface area contributed by atoms with Crippen LogP contribution in [0, 0.1) is 0 Å². The molecule has 0 aromatic carbocycles. The maximum Gasteiger partial charge on any atom is 0.328 e. The van der Waals surface area contributed by atoms with Crippen LogP contribution in [0.25, 0.3) is 0 Å². The van der Waals surface area contributed by atoms with E-state index in [1.54, 1.807) is 4.90 Å². The predicted octanol–water partition coefficient (Wildman–Crippen LogP) is 1.27. The van der Waals surface area contributed by atoms with Gasteiger partial charge in [-0.2, -0.15) is 0 Å². The Hall–Kier alpha value is -1.50. The van der Waals surface area contributed by atoms with E-state index in [2.05, 4.69) is 9.59 Å². The Morgan fingerprint density at radius 1 is 1.47 bits per heavy atom. The van der Waals surface area contributed by atoms with Crippen LogP contribution in [0.5, 0.6) is 0 Å². The van der Waals surface area contributed by atoms with Crippen molar-refractivity contribution < 1.29 is 14.3 Å². The Bertz CT molecular complexity index is 475. The number of hydrogen-bond donors (Lipinski definition) is 0. The number of aromatic nitrogens is 2. The molecule has 1 saturated heterocycles. The maximum atomic E-state index is 12.5. The molecule has 104 valence electrons. The molecule has 6 nitrogen and oxygen atoms in total. The third-order valence-electron chi connectivity index (χ3n) is 3.32. The molecule has 0 aliphatic carbocycles. The number of esters is 1. The molecular formula is C12H17N3O3S. The van der Waals surface area contributed by atoms with E-state index in [1.807, 2.05) is 6.92 Å². The average molecular weight is 283 g/mol. The van der Waals surface area contributed by atoms with Gasteiger partial charge in [0.2, 0.25) is 0 Å². The zero-order chi connectivity index (χ0) is 13.8. The van der Waals surface area contributed by atoms with Crippen LogP contribution in [0.1, 0.15) is 41.6 Å². The van der Waals surface area contributed by atoms with Crippen molar-refractivity contribution >= 4 is 23.4 Å². The molecule has 1 aromatic heterocycles. The van der Waals surface area contributed by atoms with Crippen LogP contribution >= 0.6 is 11.5 Å². The van der Waals surface area contributed by atoms with Gasteiger partial charge in [0.05, 0.1) is 12.8 Å². The molecule has 0 radical (unpaired) electrons. The third kappa shape index (κ3) is 2.75. The summed E-state index contributed by atoms with van der Waals surface area (Å²) in [6.07, 6.45) is 3.17. The Balaban J connectivity index is 2.22. The molecule has 0 saturated carbocycles. The number of nitrogens with zero attached hydrogens (tertiary/aromatic N) is 3. The highest BCUT2D eigenvalue weighted by atomic mass is 32.1. The van der Waals surface area contributed by atoms with E-state index in [1.165, 1.54) is 7.11 Å². The molecule has 1 amide bonds. The second-order valence-electron chi connectivity index (χ2n) is 4.44. The first kappa shape index (κ1) is 13.9. The van der Waals surface area contributed by atoms with Crippen molar-refractivity contribution in [2.75, 3.05) is 13.7 Å². The lowest BCUT2D eigenvalue weighted by molar-refractivity contribution is -0.147. The van der Waals surface area contributed by atoms with E-state index in [9.17, 15) is 9.59 Å². The highest BCUT2D eigenvalue weighted by Gasteiger charge is 2.34. The Morgan fingerprint density at radius 3 is 2.95 bits per heavy atom. The van der Waals surface area contributed by atoms with Gasteiger partial charge in [-0.15, -0.1) is 5.10 Å². The molecule has 2 heterocycles. The van der Waals surface area contributed by atoms with Crippen molar-refractivity contribution in [2.24, 2.45) is 0 Å². The van der Waals surface area contributed by atoms with E-state index < -0.39 is 6.04 Å². The van der Waals surface area contributed by atoms with Gasteiger partial charge in [-0.3, -0.25) is 4.79 Å². The quantitative estimate of drug-likeness (QED) is 0.781. The number of methoxy groups -OCH3 is 1. The lowest BCUT2D eigenvalue weighted by atomic mass is 10.0. The summed E-state index contributed by atoms with van der Waals surface area (Å²) in [5.41, 5.74) is 0.698. The second kappa shape index (κ2) is 6.10. The smallest absolute Gasteiger partial charge is 0.328 e. The van der Waals surface area contributed by atoms with Crippen molar-refractivity contribution in [3.8, 4) is 0 Å². The predicted molar refractivity (Wildman–Crippen MR) is 70.0 cm³/mol. The number of piperidine rings is 1. The van der Waals surface area contributed by atoms with Crippen LogP contribution in [0.2, 0.25) is 0 Å². The highest BCUT2D eigenvalue weighted by molar-refractivity contribution is 7.08. The third-order valence-corrected chi connectivity index (χ3v) is 4.08. The summed E-state index contributed by atoms with van der Waals surface area (Å²) >= 11 is 1.09. The SMILES string of the molecule is CCc1nnsc1C(=O)N1CCCC[C@@H]1C(=O)OC. The molecule has 1 aliphatic heterocycles. The van der Waals surface area contributed by atoms with Gasteiger partial charge >= 0.3 is 5.97 Å². The van der Waals surface area contributed by atoms with Gasteiger partial charge in [-0.05, 0) is 37.2 Å². The number of hydrogen-bond acceptors (Lipinski definition) is 6. The van der Waals surface area contributed by atoms with Crippen molar-refractivity contribution in [3.63, 3.8) is 0 Å². The zero-order valence-electron chi connectivity index (χ0n) is 11.1. The molecule has 0 bridgehead atoms. The van der Waals surface area contributed by atoms with Crippen molar-refractivity contribution in [3.05, 3.63) is 10.6 Å². The van der Waals surface area contributed by atoms with Crippen molar-refractivity contribution in [1.29, 1.82) is 0 Å². The van der Waals surface area contributed by atoms with Gasteiger partial charge in [0, 0.05) is 6.54 Å². The van der Waals surface area contributed by atoms with Gasteiger partial charge in [0.1, 0.15) is 10.9 Å². The minimum absolute atomic E-state index is 0.151. The first-order chi connectivity index (χ1) is 9.19. The fourth-order valence-corrected chi connectivity index (χ4v) is 3.00. The van der Waals surface area contributed by atoms with Crippen molar-refractivity contribution in [1.82, 2.24) is 14.5 Å². The van der Waals surface area contributed by atoms with Gasteiger partial charge in [0.25, 0.3) is 5.91 Å². The molecule has 2 rings (SSSR count). The zero-order valence-corrected chi connectivity index (χ0v) is 11.9. The fourth-order valence-electron chi connectivity index (χ4n) is 2.29. The molecule has 7 heteroatoms. The fraction of sp³-hybridized carbons (Fsp3) is 0.667. The summed E-state index contributed by atoms with van der Waals surface area (Å²) in [6, 6.07) is -0.474. The monoisotopic (exact) mass is 283 g/mol. The number of carbonyl (C=O) groups excluding carboxylic acids is 2. The second-order valence-corrected chi connectivity index (χ2v) is 5.19. The summed E-state index contributed by atoms with van der Waals surface area (Å²) in [7, 11) is 1.35. The topological polar surface area (TPSA) is 72.4 Å². The van der Waals surface area contributed by atoms with E-state index in [-0.39, 0.29) is 11.9 Å². The van der Waals surface area contributed by atoms with Crippen LogP contribution < -0.4 is 0 Å². The molecule has 1 aliphatic rings. The molecule has 1 fully saturated rings. The minimum atomic E-state index is -0.474. The number of ether oxygens (including phenoxy) is 1. The van der Waals surface area contributed by atoms with Crippen LogP contribution in [0.4, 0.5) is 0 Å². The molecule has 0 N–H and O–H groups in total. The van der Waals surface area contributed by atoms with Gasteiger partial charge < -0.3 is 9.64 Å². The van der Waals surface area contributed by atoms with Crippen LogP contribution in [-0.4, -0.2) is 46.1 Å². The van der Waals surface area contributed by atoms with E-state index in [0.717, 1.165) is 24.4 Å². The number of carbonyl (C=O) groups is 2. The standard InChI is InChI=1S/C12H17N3O3S/c1-3-8-10(19-14-13-8)11(16)15-7-5-4-6-9(15)12(17)18-2/h9H,3-7H2,1-2H3/t9-/m1/s1. The summed E-state index contributed by atoms with van der Waals surface area (Å²) in [5, 5.41) is 3.95. The largest absolute Gasteiger partial charge is 0.467 e. The molecule has 19 heavy (non-hydrogen) atoms. The maximum absolute atomic E-state index is 12.5. The van der Waals surface area contributed by atoms with Crippen LogP contribution in [0.15, 0.2) is 0 Å². The summed E-state index contributed by atoms with van der Waals surface area (Å²) < 4.78 is 8.61. The van der Waals surface area contributed by atoms with Crippen molar-refractivity contribution in [2.45, 2.75) is 38.6 Å². The normalized spacial score (nSPS) is 19.3. The Morgan fingerprint density at radius 2 is 2.26 bits per heavy atom. The highest BCUT2D eigenvalue weighted by Crippen LogP contribution is 2.23. The summed E-state index contributed by atoms with van der Waals surface area (Å²) in [5.74, 6) is -0.495. The summed E-state index contributed by atoms with van der Waals surface area (Å²) in [6.45, 7) is 2.52. The van der Waals surface area contributed by atoms with Crippen LogP contribution in [-0.2, 0) is 16.0 Å². The van der Waals surface area contributed by atoms with E-state index >= 15 is 0 Å². The number of aryl methyl sites for hydroxylation is 1. The lowest BCUT2D eigenvalue weighted by Gasteiger charge is -2.33. The van der Waals surface area contributed by atoms with Crippen LogP contribution in [0.3, 0.4) is 0 Å². The molecular weight excluding hydrogens is 266 g/mol. The Kier molecular flexibility index (Phi) is 4.47. The first-order valence-corrected chi connectivity index (χ1v) is 7.16. The van der Waals surface area contributed by atoms with E-state index in [0.29, 0.717) is 30.0 Å². The number of rotatable bonds is 3. The number of amides is 1.